The summed E-state index contributed by atoms with van der Waals surface area (Å²) in [7, 11) is -3.37. The van der Waals surface area contributed by atoms with Gasteiger partial charge < -0.3 is 10.3 Å². The van der Waals surface area contributed by atoms with E-state index in [1.54, 1.807) is 43.6 Å². The van der Waals surface area contributed by atoms with Crippen molar-refractivity contribution in [3.63, 3.8) is 0 Å². The average molecular weight is 560 g/mol. The number of amides is 1. The topological polar surface area (TPSA) is 91.9 Å². The molecule has 0 spiro atoms. The summed E-state index contributed by atoms with van der Waals surface area (Å²) in [5, 5.41) is 3.68. The summed E-state index contributed by atoms with van der Waals surface area (Å²) in [5.41, 5.74) is 4.77. The van der Waals surface area contributed by atoms with Crippen LogP contribution in [0.1, 0.15) is 28.4 Å². The zero-order valence-electron chi connectivity index (χ0n) is 21.9. The maximum absolute atomic E-state index is 14.3. The Bertz CT molecular complexity index is 1800. The van der Waals surface area contributed by atoms with Gasteiger partial charge in [0.2, 0.25) is 5.91 Å². The van der Waals surface area contributed by atoms with Gasteiger partial charge in [-0.1, -0.05) is 24.3 Å². The van der Waals surface area contributed by atoms with Crippen LogP contribution in [0.4, 0.5) is 8.78 Å². The molecule has 2 heterocycles. The third-order valence-corrected chi connectivity index (χ3v) is 7.85. The molecule has 1 amide bonds. The van der Waals surface area contributed by atoms with Crippen molar-refractivity contribution < 1.29 is 22.0 Å². The van der Waals surface area contributed by atoms with E-state index in [-0.39, 0.29) is 29.5 Å². The Balaban J connectivity index is 1.51. The zero-order chi connectivity index (χ0) is 28.4. The van der Waals surface area contributed by atoms with E-state index in [1.807, 2.05) is 12.1 Å². The number of aromatic amines is 1. The van der Waals surface area contributed by atoms with Gasteiger partial charge in [0.1, 0.15) is 11.6 Å². The molecule has 9 heteroatoms. The van der Waals surface area contributed by atoms with Crippen molar-refractivity contribution in [1.29, 1.82) is 0 Å². The number of halogens is 2. The third kappa shape index (κ3) is 6.10. The second kappa shape index (κ2) is 11.0. The zero-order valence-corrected chi connectivity index (χ0v) is 22.7. The summed E-state index contributed by atoms with van der Waals surface area (Å²) < 4.78 is 52.1. The highest BCUT2D eigenvalue weighted by atomic mass is 32.2. The number of aryl methyl sites for hydroxylation is 1. The molecule has 0 aliphatic rings. The molecule has 0 unspecified atom stereocenters. The first kappa shape index (κ1) is 27.2. The summed E-state index contributed by atoms with van der Waals surface area (Å²) in [6.07, 6.45) is 4.70. The van der Waals surface area contributed by atoms with Crippen LogP contribution in [-0.4, -0.2) is 30.5 Å². The predicted molar refractivity (Wildman–Crippen MR) is 150 cm³/mol. The molecule has 2 N–H and O–H groups in total. The van der Waals surface area contributed by atoms with E-state index in [9.17, 15) is 22.0 Å². The van der Waals surface area contributed by atoms with E-state index in [4.69, 9.17) is 0 Å². The van der Waals surface area contributed by atoms with Gasteiger partial charge in [-0.2, -0.15) is 0 Å². The third-order valence-electron chi connectivity index (χ3n) is 6.72. The summed E-state index contributed by atoms with van der Waals surface area (Å²) in [4.78, 5) is 21.2. The SMILES string of the molecule is Cc1cc(F)cc(C[C@H](NC(=O)Cc2c[nH]c3ccc(F)cc23)c2ncccc2-c2ccc(S(C)(=O)=O)cc2)c1. The van der Waals surface area contributed by atoms with Gasteiger partial charge in [-0.15, -0.1) is 0 Å². The van der Waals surface area contributed by atoms with Crippen LogP contribution in [0.25, 0.3) is 22.0 Å². The Morgan fingerprint density at radius 3 is 2.50 bits per heavy atom. The first-order valence-electron chi connectivity index (χ1n) is 12.6. The lowest BCUT2D eigenvalue weighted by molar-refractivity contribution is -0.121. The summed E-state index contributed by atoms with van der Waals surface area (Å²) in [5.74, 6) is -1.08. The lowest BCUT2D eigenvalue weighted by atomic mass is 9.94. The van der Waals surface area contributed by atoms with Gasteiger partial charge >= 0.3 is 0 Å². The molecule has 0 saturated carbocycles. The highest BCUT2D eigenvalue weighted by molar-refractivity contribution is 7.90. The van der Waals surface area contributed by atoms with Crippen LogP contribution in [0.3, 0.4) is 0 Å². The van der Waals surface area contributed by atoms with E-state index in [1.165, 1.54) is 36.4 Å². The van der Waals surface area contributed by atoms with Gasteiger partial charge in [-0.25, -0.2) is 17.2 Å². The number of nitrogens with one attached hydrogen (secondary N) is 2. The Morgan fingerprint density at radius 1 is 1.00 bits per heavy atom. The van der Waals surface area contributed by atoms with Crippen LogP contribution < -0.4 is 5.32 Å². The minimum Gasteiger partial charge on any atom is -0.361 e. The molecule has 3 aromatic carbocycles. The molecule has 6 nitrogen and oxygen atoms in total. The Labute approximate surface area is 231 Å². The van der Waals surface area contributed by atoms with Crippen LogP contribution in [0.5, 0.6) is 0 Å². The van der Waals surface area contributed by atoms with Crippen molar-refractivity contribution in [2.45, 2.75) is 30.7 Å². The number of fused-ring (bicyclic) bond motifs is 1. The number of carbonyl (C=O) groups is 1. The summed E-state index contributed by atoms with van der Waals surface area (Å²) in [6, 6.07) is 18.5. The van der Waals surface area contributed by atoms with Crippen molar-refractivity contribution in [3.8, 4) is 11.1 Å². The molecule has 5 rings (SSSR count). The molecule has 0 fully saturated rings. The van der Waals surface area contributed by atoms with Crippen molar-refractivity contribution in [1.82, 2.24) is 15.3 Å². The van der Waals surface area contributed by atoms with Crippen LogP contribution in [-0.2, 0) is 27.5 Å². The Hall–Kier alpha value is -4.37. The molecule has 0 aliphatic carbocycles. The number of nitrogens with zero attached hydrogens (tertiary/aromatic N) is 1. The lowest BCUT2D eigenvalue weighted by Gasteiger charge is -2.22. The van der Waals surface area contributed by atoms with Gasteiger partial charge in [-0.05, 0) is 84.1 Å². The summed E-state index contributed by atoms with van der Waals surface area (Å²) >= 11 is 0. The van der Waals surface area contributed by atoms with Crippen molar-refractivity contribution in [2.75, 3.05) is 6.26 Å². The van der Waals surface area contributed by atoms with Crippen molar-refractivity contribution >= 4 is 26.6 Å². The van der Waals surface area contributed by atoms with Crippen LogP contribution >= 0.6 is 0 Å². The van der Waals surface area contributed by atoms with E-state index in [0.29, 0.717) is 27.8 Å². The molecule has 0 saturated heterocycles. The van der Waals surface area contributed by atoms with Crippen LogP contribution in [0.15, 0.2) is 90.1 Å². The Kier molecular flexibility index (Phi) is 7.49. The fourth-order valence-corrected chi connectivity index (χ4v) is 5.55. The normalized spacial score (nSPS) is 12.4. The monoisotopic (exact) mass is 559 g/mol. The standard InChI is InChI=1S/C31H27F2N3O3S/c1-19-12-20(14-24(33)13-19)15-29(36-30(37)16-22-18-35-28-10-7-23(32)17-27(22)28)31-26(4-3-11-34-31)21-5-8-25(9-6-21)40(2,38)39/h3-14,17-18,29,35H,15-16H2,1-2H3,(H,36,37)/t29-/m0/s1. The van der Waals surface area contributed by atoms with E-state index < -0.39 is 21.7 Å². The van der Waals surface area contributed by atoms with Crippen LogP contribution in [0.2, 0.25) is 0 Å². The minimum absolute atomic E-state index is 0.00659. The summed E-state index contributed by atoms with van der Waals surface area (Å²) in [6.45, 7) is 1.80. The van der Waals surface area contributed by atoms with Crippen LogP contribution in [0, 0.1) is 18.6 Å². The highest BCUT2D eigenvalue weighted by Crippen LogP contribution is 2.30. The van der Waals surface area contributed by atoms with E-state index in [2.05, 4.69) is 15.3 Å². The van der Waals surface area contributed by atoms with E-state index in [0.717, 1.165) is 22.9 Å². The minimum atomic E-state index is -3.37. The molecule has 0 radical (unpaired) electrons. The quantitative estimate of drug-likeness (QED) is 0.249. The Morgan fingerprint density at radius 2 is 1.77 bits per heavy atom. The molecule has 2 aromatic heterocycles. The molecular weight excluding hydrogens is 532 g/mol. The molecular formula is C31H27F2N3O3S. The average Bonchev–Trinajstić information content (AvgIpc) is 3.28. The first-order chi connectivity index (χ1) is 19.1. The van der Waals surface area contributed by atoms with Gasteiger partial charge in [-0.3, -0.25) is 9.78 Å². The number of carbonyl (C=O) groups excluding carboxylic acids is 1. The second-order valence-corrected chi connectivity index (χ2v) is 11.9. The molecule has 40 heavy (non-hydrogen) atoms. The number of aromatic nitrogens is 2. The molecule has 5 aromatic rings. The van der Waals surface area contributed by atoms with Crippen molar-refractivity contribution in [3.05, 3.63) is 119 Å². The van der Waals surface area contributed by atoms with Crippen molar-refractivity contribution in [2.24, 2.45) is 0 Å². The molecule has 1 atom stereocenters. The molecule has 0 aliphatic heterocycles. The maximum Gasteiger partial charge on any atom is 0.225 e. The number of hydrogen-bond donors (Lipinski definition) is 2. The number of benzene rings is 3. The number of rotatable bonds is 8. The van der Waals surface area contributed by atoms with E-state index >= 15 is 0 Å². The number of sulfone groups is 1. The van der Waals surface area contributed by atoms with Gasteiger partial charge in [0, 0.05) is 35.1 Å². The molecule has 204 valence electrons. The predicted octanol–water partition coefficient (Wildman–Crippen LogP) is 5.86. The maximum atomic E-state index is 14.3. The first-order valence-corrected chi connectivity index (χ1v) is 14.5. The fraction of sp³-hybridized carbons (Fsp3) is 0.161. The largest absolute Gasteiger partial charge is 0.361 e. The smallest absolute Gasteiger partial charge is 0.225 e. The lowest BCUT2D eigenvalue weighted by Crippen LogP contribution is -2.32. The number of hydrogen-bond acceptors (Lipinski definition) is 4. The van der Waals surface area contributed by atoms with Gasteiger partial charge in [0.15, 0.2) is 9.84 Å². The fourth-order valence-electron chi connectivity index (χ4n) is 4.92. The second-order valence-electron chi connectivity index (χ2n) is 9.87. The highest BCUT2D eigenvalue weighted by Gasteiger charge is 2.22. The van der Waals surface area contributed by atoms with Gasteiger partial charge in [0.05, 0.1) is 23.1 Å². The number of H-pyrrole nitrogens is 1. The number of pyridine rings is 1. The van der Waals surface area contributed by atoms with Gasteiger partial charge in [0.25, 0.3) is 0 Å². The molecule has 0 bridgehead atoms.